The van der Waals surface area contributed by atoms with Gasteiger partial charge in [-0.3, -0.25) is 4.79 Å². The first-order chi connectivity index (χ1) is 6.18. The highest BCUT2D eigenvalue weighted by molar-refractivity contribution is 5.73. The molecule has 4 heteroatoms. The second-order valence-corrected chi connectivity index (χ2v) is 4.01. The summed E-state index contributed by atoms with van der Waals surface area (Å²) in [6.45, 7) is 0. The van der Waals surface area contributed by atoms with Gasteiger partial charge in [0.05, 0.1) is 12.2 Å². The summed E-state index contributed by atoms with van der Waals surface area (Å²) in [5, 5.41) is 8.65. The summed E-state index contributed by atoms with van der Waals surface area (Å²) in [6.07, 6.45) is 4.67. The van der Waals surface area contributed by atoms with Gasteiger partial charge in [-0.1, -0.05) is 6.42 Å². The van der Waals surface area contributed by atoms with Crippen molar-refractivity contribution >= 4 is 5.97 Å². The molecule has 13 heavy (non-hydrogen) atoms. The third-order valence-corrected chi connectivity index (χ3v) is 3.02. The standard InChI is InChI=1S/C9H15NO3/c10-6(9(11)12)4-5-2-1-3-7-8(5)13-7/h5-8H,1-4,10H2,(H,11,12). The zero-order valence-corrected chi connectivity index (χ0v) is 7.48. The molecule has 0 spiro atoms. The minimum atomic E-state index is -0.900. The van der Waals surface area contributed by atoms with Crippen molar-refractivity contribution in [2.24, 2.45) is 11.7 Å². The van der Waals surface area contributed by atoms with Crippen LogP contribution < -0.4 is 5.73 Å². The Labute approximate surface area is 77.1 Å². The second-order valence-electron chi connectivity index (χ2n) is 4.01. The molecule has 0 aromatic carbocycles. The number of hydrogen-bond donors (Lipinski definition) is 2. The predicted octanol–water partition coefficient (Wildman–Crippen LogP) is 0.356. The lowest BCUT2D eigenvalue weighted by Gasteiger charge is -2.19. The topological polar surface area (TPSA) is 75.8 Å². The van der Waals surface area contributed by atoms with Gasteiger partial charge in [-0.15, -0.1) is 0 Å². The van der Waals surface area contributed by atoms with Crippen LogP contribution in [0, 0.1) is 5.92 Å². The van der Waals surface area contributed by atoms with Crippen LogP contribution in [0.3, 0.4) is 0 Å². The Balaban J connectivity index is 1.84. The van der Waals surface area contributed by atoms with Crippen LogP contribution in [0.5, 0.6) is 0 Å². The van der Waals surface area contributed by atoms with Gasteiger partial charge in [-0.2, -0.15) is 0 Å². The van der Waals surface area contributed by atoms with Crippen LogP contribution in [-0.2, 0) is 9.53 Å². The van der Waals surface area contributed by atoms with Crippen LogP contribution in [0.25, 0.3) is 0 Å². The number of carboxylic acids is 1. The fourth-order valence-corrected chi connectivity index (χ4v) is 2.23. The molecule has 0 aromatic rings. The largest absolute Gasteiger partial charge is 0.480 e. The van der Waals surface area contributed by atoms with Gasteiger partial charge in [0, 0.05) is 0 Å². The van der Waals surface area contributed by atoms with Crippen LogP contribution in [0.1, 0.15) is 25.7 Å². The highest BCUT2D eigenvalue weighted by Gasteiger charge is 2.47. The zero-order valence-electron chi connectivity index (χ0n) is 7.48. The van der Waals surface area contributed by atoms with E-state index in [9.17, 15) is 4.79 Å². The van der Waals surface area contributed by atoms with Gasteiger partial charge in [-0.05, 0) is 25.2 Å². The van der Waals surface area contributed by atoms with Crippen molar-refractivity contribution in [3.63, 3.8) is 0 Å². The maximum atomic E-state index is 10.5. The first kappa shape index (κ1) is 8.97. The van der Waals surface area contributed by atoms with Crippen molar-refractivity contribution in [1.29, 1.82) is 0 Å². The summed E-state index contributed by atoms with van der Waals surface area (Å²) < 4.78 is 5.42. The first-order valence-corrected chi connectivity index (χ1v) is 4.82. The van der Waals surface area contributed by atoms with Gasteiger partial charge in [0.1, 0.15) is 6.04 Å². The summed E-state index contributed by atoms with van der Waals surface area (Å²) in [6, 6.07) is -0.715. The molecule has 1 saturated heterocycles. The lowest BCUT2D eigenvalue weighted by atomic mass is 9.85. The molecule has 0 radical (unpaired) electrons. The van der Waals surface area contributed by atoms with Gasteiger partial charge in [0.25, 0.3) is 0 Å². The molecule has 2 aliphatic rings. The van der Waals surface area contributed by atoms with E-state index in [1.807, 2.05) is 0 Å². The molecule has 1 aliphatic heterocycles. The van der Waals surface area contributed by atoms with Crippen LogP contribution in [0.15, 0.2) is 0 Å². The Morgan fingerprint density at radius 1 is 1.62 bits per heavy atom. The average molecular weight is 185 g/mol. The Kier molecular flexibility index (Phi) is 2.26. The Morgan fingerprint density at radius 3 is 3.08 bits per heavy atom. The summed E-state index contributed by atoms with van der Waals surface area (Å²) in [7, 11) is 0. The van der Waals surface area contributed by atoms with Crippen LogP contribution in [-0.4, -0.2) is 29.3 Å². The Morgan fingerprint density at radius 2 is 2.38 bits per heavy atom. The van der Waals surface area contributed by atoms with E-state index in [2.05, 4.69) is 0 Å². The monoisotopic (exact) mass is 185 g/mol. The molecule has 0 bridgehead atoms. The van der Waals surface area contributed by atoms with E-state index in [4.69, 9.17) is 15.6 Å². The third kappa shape index (κ3) is 1.84. The summed E-state index contributed by atoms with van der Waals surface area (Å²) in [5.74, 6) is -0.521. The minimum Gasteiger partial charge on any atom is -0.480 e. The smallest absolute Gasteiger partial charge is 0.320 e. The highest BCUT2D eigenvalue weighted by atomic mass is 16.6. The van der Waals surface area contributed by atoms with Gasteiger partial charge < -0.3 is 15.6 Å². The van der Waals surface area contributed by atoms with Crippen molar-refractivity contribution in [1.82, 2.24) is 0 Å². The predicted molar refractivity (Wildman–Crippen MR) is 46.2 cm³/mol. The Hall–Kier alpha value is -0.610. The summed E-state index contributed by atoms with van der Waals surface area (Å²) in [4.78, 5) is 10.5. The molecule has 1 heterocycles. The van der Waals surface area contributed by atoms with Crippen molar-refractivity contribution in [2.75, 3.05) is 0 Å². The molecule has 4 nitrogen and oxygen atoms in total. The number of nitrogens with two attached hydrogens (primary N) is 1. The van der Waals surface area contributed by atoms with Crippen molar-refractivity contribution < 1.29 is 14.6 Å². The van der Waals surface area contributed by atoms with E-state index in [0.717, 1.165) is 19.3 Å². The van der Waals surface area contributed by atoms with E-state index in [-0.39, 0.29) is 0 Å². The number of hydrogen-bond acceptors (Lipinski definition) is 3. The number of epoxide rings is 1. The lowest BCUT2D eigenvalue weighted by Crippen LogP contribution is -2.34. The molecular formula is C9H15NO3. The number of rotatable bonds is 3. The maximum absolute atomic E-state index is 10.5. The molecule has 4 atom stereocenters. The molecular weight excluding hydrogens is 170 g/mol. The molecule has 1 saturated carbocycles. The minimum absolute atomic E-state index is 0.319. The molecule has 4 unspecified atom stereocenters. The van der Waals surface area contributed by atoms with Crippen molar-refractivity contribution in [2.45, 2.75) is 43.9 Å². The number of aliphatic carboxylic acids is 1. The Bertz CT molecular complexity index is 219. The highest BCUT2D eigenvalue weighted by Crippen LogP contribution is 2.42. The molecule has 0 aromatic heterocycles. The maximum Gasteiger partial charge on any atom is 0.320 e. The second kappa shape index (κ2) is 3.27. The SMILES string of the molecule is NC(CC1CCCC2OC12)C(=O)O. The normalized spacial score (nSPS) is 39.3. The zero-order chi connectivity index (χ0) is 9.42. The van der Waals surface area contributed by atoms with Crippen molar-refractivity contribution in [3.8, 4) is 0 Å². The van der Waals surface area contributed by atoms with Gasteiger partial charge in [-0.25, -0.2) is 0 Å². The van der Waals surface area contributed by atoms with E-state index in [1.54, 1.807) is 0 Å². The van der Waals surface area contributed by atoms with Crippen LogP contribution >= 0.6 is 0 Å². The molecule has 3 N–H and O–H groups in total. The van der Waals surface area contributed by atoms with Gasteiger partial charge in [0.15, 0.2) is 0 Å². The molecule has 1 aliphatic carbocycles. The lowest BCUT2D eigenvalue weighted by molar-refractivity contribution is -0.139. The van der Waals surface area contributed by atoms with Gasteiger partial charge >= 0.3 is 5.97 Å². The third-order valence-electron chi connectivity index (χ3n) is 3.02. The quantitative estimate of drug-likeness (QED) is 0.622. The number of carbonyl (C=O) groups is 1. The fraction of sp³-hybridized carbons (Fsp3) is 0.889. The van der Waals surface area contributed by atoms with Crippen LogP contribution in [0.4, 0.5) is 0 Å². The van der Waals surface area contributed by atoms with Gasteiger partial charge in [0.2, 0.25) is 0 Å². The fourth-order valence-electron chi connectivity index (χ4n) is 2.23. The first-order valence-electron chi connectivity index (χ1n) is 4.82. The van der Waals surface area contributed by atoms with Crippen molar-refractivity contribution in [3.05, 3.63) is 0 Å². The molecule has 2 fully saturated rings. The molecule has 2 rings (SSSR count). The van der Waals surface area contributed by atoms with E-state index in [0.29, 0.717) is 24.5 Å². The summed E-state index contributed by atoms with van der Waals surface area (Å²) in [5.41, 5.74) is 5.47. The number of fused-ring (bicyclic) bond motifs is 1. The van der Waals surface area contributed by atoms with E-state index in [1.165, 1.54) is 0 Å². The number of ether oxygens (including phenoxy) is 1. The molecule has 0 amide bonds. The summed E-state index contributed by atoms with van der Waals surface area (Å²) >= 11 is 0. The van der Waals surface area contributed by atoms with E-state index >= 15 is 0 Å². The van der Waals surface area contributed by atoms with E-state index < -0.39 is 12.0 Å². The van der Waals surface area contributed by atoms with Crippen LogP contribution in [0.2, 0.25) is 0 Å². The molecule has 74 valence electrons. The number of carboxylic acid groups (broad SMARTS) is 1. The average Bonchev–Trinajstić information content (AvgIpc) is 2.83.